The fourth-order valence-electron chi connectivity index (χ4n) is 2.69. The second-order valence-corrected chi connectivity index (χ2v) is 6.04. The zero-order chi connectivity index (χ0) is 15.7. The summed E-state index contributed by atoms with van der Waals surface area (Å²) < 4.78 is 8.42. The third-order valence-corrected chi connectivity index (χ3v) is 4.52. The molecule has 0 aliphatic carbocycles. The fourth-order valence-corrected chi connectivity index (χ4v) is 3.23. The predicted octanol–water partition coefficient (Wildman–Crippen LogP) is 1.73. The minimum absolute atomic E-state index is 0.227. The molecule has 2 aromatic rings. The molecule has 22 heavy (non-hydrogen) atoms. The standard InChI is InChI=1S/C14H17N5O2S/c1-8-4-5-10-12(18-22-17-10)11(8)16-14(21)19-6-2-3-9(7-19)13(15)20/h4-5,9H,2-3,6-7H2,1H3,(H2,15,20)(H,16,21). The lowest BCUT2D eigenvalue weighted by molar-refractivity contribution is -0.123. The maximum Gasteiger partial charge on any atom is 0.321 e. The van der Waals surface area contributed by atoms with Gasteiger partial charge in [0.05, 0.1) is 23.3 Å². The Hall–Kier alpha value is -2.22. The smallest absolute Gasteiger partial charge is 0.321 e. The van der Waals surface area contributed by atoms with Crippen LogP contribution in [0.1, 0.15) is 18.4 Å². The van der Waals surface area contributed by atoms with Crippen LogP contribution >= 0.6 is 11.7 Å². The van der Waals surface area contributed by atoms with E-state index in [4.69, 9.17) is 5.73 Å². The van der Waals surface area contributed by atoms with Gasteiger partial charge in [-0.25, -0.2) is 4.79 Å². The molecule has 1 atom stereocenters. The van der Waals surface area contributed by atoms with Gasteiger partial charge in [0.2, 0.25) is 5.91 Å². The Morgan fingerprint density at radius 3 is 3.00 bits per heavy atom. The summed E-state index contributed by atoms with van der Waals surface area (Å²) in [6, 6.07) is 3.56. The largest absolute Gasteiger partial charge is 0.369 e. The van der Waals surface area contributed by atoms with Crippen molar-refractivity contribution in [1.82, 2.24) is 13.6 Å². The fraction of sp³-hybridized carbons (Fsp3) is 0.429. The number of fused-ring (bicyclic) bond motifs is 1. The Morgan fingerprint density at radius 2 is 2.23 bits per heavy atom. The number of nitrogens with one attached hydrogen (secondary N) is 1. The van der Waals surface area contributed by atoms with Gasteiger partial charge in [-0.2, -0.15) is 8.75 Å². The summed E-state index contributed by atoms with van der Waals surface area (Å²) in [5.41, 5.74) is 8.42. The summed E-state index contributed by atoms with van der Waals surface area (Å²) >= 11 is 1.12. The van der Waals surface area contributed by atoms with E-state index >= 15 is 0 Å². The van der Waals surface area contributed by atoms with Crippen LogP contribution in [0.3, 0.4) is 0 Å². The normalized spacial score (nSPS) is 18.4. The number of anilines is 1. The molecule has 1 aromatic heterocycles. The molecule has 0 radical (unpaired) electrons. The summed E-state index contributed by atoms with van der Waals surface area (Å²) in [5.74, 6) is -0.614. The van der Waals surface area contributed by atoms with Gasteiger partial charge in [0.1, 0.15) is 11.0 Å². The van der Waals surface area contributed by atoms with E-state index in [0.29, 0.717) is 24.3 Å². The number of primary amides is 1. The number of carbonyl (C=O) groups is 2. The quantitative estimate of drug-likeness (QED) is 0.880. The van der Waals surface area contributed by atoms with E-state index in [1.165, 1.54) is 0 Å². The molecular weight excluding hydrogens is 302 g/mol. The van der Waals surface area contributed by atoms with Crippen molar-refractivity contribution in [2.75, 3.05) is 18.4 Å². The van der Waals surface area contributed by atoms with Crippen LogP contribution in [0.2, 0.25) is 0 Å². The number of hydrogen-bond donors (Lipinski definition) is 2. The minimum Gasteiger partial charge on any atom is -0.369 e. The number of piperidine rings is 1. The third-order valence-electron chi connectivity index (χ3n) is 3.98. The van der Waals surface area contributed by atoms with Crippen molar-refractivity contribution in [3.05, 3.63) is 17.7 Å². The van der Waals surface area contributed by atoms with Crippen molar-refractivity contribution < 1.29 is 9.59 Å². The molecule has 0 spiro atoms. The number of likely N-dealkylation sites (tertiary alicyclic amines) is 1. The molecule has 3 rings (SSSR count). The van der Waals surface area contributed by atoms with Gasteiger partial charge in [0, 0.05) is 13.1 Å². The summed E-state index contributed by atoms with van der Waals surface area (Å²) in [5, 5.41) is 2.91. The summed E-state index contributed by atoms with van der Waals surface area (Å²) in [7, 11) is 0. The molecule has 1 unspecified atom stereocenters. The molecule has 3 amide bonds. The van der Waals surface area contributed by atoms with E-state index in [2.05, 4.69) is 14.1 Å². The highest BCUT2D eigenvalue weighted by Gasteiger charge is 2.27. The van der Waals surface area contributed by atoms with Gasteiger partial charge in [-0.05, 0) is 31.4 Å². The minimum atomic E-state index is -0.348. The Balaban J connectivity index is 1.79. The van der Waals surface area contributed by atoms with Crippen molar-refractivity contribution in [1.29, 1.82) is 0 Å². The van der Waals surface area contributed by atoms with Crippen LogP contribution in [0.5, 0.6) is 0 Å². The lowest BCUT2D eigenvalue weighted by Gasteiger charge is -2.31. The third kappa shape index (κ3) is 2.74. The summed E-state index contributed by atoms with van der Waals surface area (Å²) in [6.45, 7) is 2.91. The van der Waals surface area contributed by atoms with Gasteiger partial charge in [-0.1, -0.05) is 6.07 Å². The number of aryl methyl sites for hydroxylation is 1. The topological polar surface area (TPSA) is 101 Å². The molecule has 0 saturated carbocycles. The number of rotatable bonds is 2. The van der Waals surface area contributed by atoms with E-state index in [-0.39, 0.29) is 17.9 Å². The number of hydrogen-bond acceptors (Lipinski definition) is 5. The highest BCUT2D eigenvalue weighted by molar-refractivity contribution is 7.00. The SMILES string of the molecule is Cc1ccc2nsnc2c1NC(=O)N1CCCC(C(N)=O)C1. The molecule has 1 fully saturated rings. The highest BCUT2D eigenvalue weighted by atomic mass is 32.1. The van der Waals surface area contributed by atoms with Crippen molar-refractivity contribution >= 4 is 40.4 Å². The van der Waals surface area contributed by atoms with E-state index in [9.17, 15) is 9.59 Å². The van der Waals surface area contributed by atoms with Gasteiger partial charge >= 0.3 is 6.03 Å². The van der Waals surface area contributed by atoms with E-state index in [0.717, 1.165) is 35.6 Å². The van der Waals surface area contributed by atoms with Gasteiger partial charge in [-0.15, -0.1) is 0 Å². The number of nitrogens with zero attached hydrogens (tertiary/aromatic N) is 3. The van der Waals surface area contributed by atoms with Gasteiger partial charge < -0.3 is 16.0 Å². The Labute approximate surface area is 131 Å². The molecule has 1 saturated heterocycles. The lowest BCUT2D eigenvalue weighted by atomic mass is 9.98. The molecule has 116 valence electrons. The maximum absolute atomic E-state index is 12.5. The first kappa shape index (κ1) is 14.7. The summed E-state index contributed by atoms with van der Waals surface area (Å²) in [6.07, 6.45) is 1.52. The van der Waals surface area contributed by atoms with Crippen molar-refractivity contribution in [3.63, 3.8) is 0 Å². The van der Waals surface area contributed by atoms with Crippen LogP contribution in [0.25, 0.3) is 11.0 Å². The van der Waals surface area contributed by atoms with Crippen LogP contribution in [0.15, 0.2) is 12.1 Å². The zero-order valence-electron chi connectivity index (χ0n) is 12.2. The second-order valence-electron chi connectivity index (χ2n) is 5.51. The number of benzene rings is 1. The molecule has 1 aliphatic rings. The first-order chi connectivity index (χ1) is 10.6. The van der Waals surface area contributed by atoms with Crippen LogP contribution in [-0.2, 0) is 4.79 Å². The van der Waals surface area contributed by atoms with E-state index in [1.807, 2.05) is 19.1 Å². The van der Waals surface area contributed by atoms with E-state index in [1.54, 1.807) is 4.90 Å². The van der Waals surface area contributed by atoms with Crippen LogP contribution in [0.4, 0.5) is 10.5 Å². The van der Waals surface area contributed by atoms with Crippen LogP contribution < -0.4 is 11.1 Å². The van der Waals surface area contributed by atoms with Gasteiger partial charge in [0.25, 0.3) is 0 Å². The first-order valence-corrected chi connectivity index (χ1v) is 7.86. The van der Waals surface area contributed by atoms with Crippen molar-refractivity contribution in [2.45, 2.75) is 19.8 Å². The van der Waals surface area contributed by atoms with Gasteiger partial charge in [0.15, 0.2) is 0 Å². The highest BCUT2D eigenvalue weighted by Crippen LogP contribution is 2.26. The monoisotopic (exact) mass is 319 g/mol. The van der Waals surface area contributed by atoms with Crippen LogP contribution in [-0.4, -0.2) is 38.7 Å². The molecular formula is C14H17N5O2S. The Kier molecular flexibility index (Phi) is 3.93. The summed E-state index contributed by atoms with van der Waals surface area (Å²) in [4.78, 5) is 25.4. The Morgan fingerprint density at radius 1 is 1.41 bits per heavy atom. The molecule has 2 heterocycles. The number of aromatic nitrogens is 2. The molecule has 8 heteroatoms. The molecule has 1 aliphatic heterocycles. The van der Waals surface area contributed by atoms with Crippen molar-refractivity contribution in [3.8, 4) is 0 Å². The molecule has 3 N–H and O–H groups in total. The molecule has 1 aromatic carbocycles. The first-order valence-electron chi connectivity index (χ1n) is 7.13. The lowest BCUT2D eigenvalue weighted by Crippen LogP contribution is -2.45. The Bertz CT molecular complexity index is 729. The second kappa shape index (κ2) is 5.88. The number of amides is 3. The van der Waals surface area contributed by atoms with Crippen LogP contribution in [0, 0.1) is 12.8 Å². The predicted molar refractivity (Wildman–Crippen MR) is 84.7 cm³/mol. The average molecular weight is 319 g/mol. The van der Waals surface area contributed by atoms with E-state index < -0.39 is 0 Å². The number of carbonyl (C=O) groups excluding carboxylic acids is 2. The number of urea groups is 1. The number of nitrogens with two attached hydrogens (primary N) is 1. The van der Waals surface area contributed by atoms with Gasteiger partial charge in [-0.3, -0.25) is 4.79 Å². The molecule has 0 bridgehead atoms. The average Bonchev–Trinajstić information content (AvgIpc) is 2.99. The zero-order valence-corrected chi connectivity index (χ0v) is 13.0. The maximum atomic E-state index is 12.5. The van der Waals surface area contributed by atoms with Crippen molar-refractivity contribution in [2.24, 2.45) is 11.7 Å². The molecule has 7 nitrogen and oxygen atoms in total.